The van der Waals surface area contributed by atoms with E-state index in [1.807, 2.05) is 18.2 Å². The molecule has 0 spiro atoms. The number of hydrogen-bond donors (Lipinski definition) is 0. The third-order valence-electron chi connectivity index (χ3n) is 11.2. The van der Waals surface area contributed by atoms with Crippen molar-refractivity contribution in [1.82, 2.24) is 15.0 Å². The first kappa shape index (κ1) is 34.3. The topological polar surface area (TPSA) is 51.8 Å². The predicted molar refractivity (Wildman–Crippen MR) is 243 cm³/mol. The highest BCUT2D eigenvalue weighted by Gasteiger charge is 2.19. The maximum Gasteiger partial charge on any atom is 0.164 e. The highest BCUT2D eigenvalue weighted by atomic mass is 16.3. The minimum atomic E-state index is 0.578. The van der Waals surface area contributed by atoms with Crippen LogP contribution in [0.2, 0.25) is 0 Å². The summed E-state index contributed by atoms with van der Waals surface area (Å²) in [6.45, 7) is 0. The molecule has 4 heteroatoms. The lowest BCUT2D eigenvalue weighted by Crippen LogP contribution is -2.00. The van der Waals surface area contributed by atoms with E-state index in [4.69, 9.17) is 19.4 Å². The smallest absolute Gasteiger partial charge is 0.164 e. The molecule has 0 aliphatic carbocycles. The van der Waals surface area contributed by atoms with E-state index in [-0.39, 0.29) is 0 Å². The van der Waals surface area contributed by atoms with Gasteiger partial charge in [-0.05, 0) is 79.5 Å². The molecule has 0 atom stereocenters. The first-order valence-electron chi connectivity index (χ1n) is 19.8. The van der Waals surface area contributed by atoms with Crippen LogP contribution in [0.5, 0.6) is 0 Å². The molecule has 0 saturated heterocycles. The molecule has 0 radical (unpaired) electrons. The molecule has 11 rings (SSSR count). The van der Waals surface area contributed by atoms with Gasteiger partial charge < -0.3 is 4.42 Å². The first-order chi connectivity index (χ1) is 29.2. The van der Waals surface area contributed by atoms with Crippen molar-refractivity contribution in [3.63, 3.8) is 0 Å². The van der Waals surface area contributed by atoms with Crippen molar-refractivity contribution in [2.24, 2.45) is 0 Å². The van der Waals surface area contributed by atoms with Crippen molar-refractivity contribution in [2.45, 2.75) is 0 Å². The number of fused-ring (bicyclic) bond motifs is 4. The number of aromatic nitrogens is 3. The minimum Gasteiger partial charge on any atom is -0.456 e. The Morgan fingerprint density at radius 3 is 1.41 bits per heavy atom. The molecule has 4 nitrogen and oxygen atoms in total. The van der Waals surface area contributed by atoms with Gasteiger partial charge in [0.05, 0.1) is 0 Å². The van der Waals surface area contributed by atoms with E-state index in [1.54, 1.807) is 0 Å². The Morgan fingerprint density at radius 2 is 0.746 bits per heavy atom. The van der Waals surface area contributed by atoms with E-state index < -0.39 is 0 Å². The molecule has 0 bridgehead atoms. The molecule has 0 unspecified atom stereocenters. The van der Waals surface area contributed by atoms with Gasteiger partial charge in [-0.3, -0.25) is 0 Å². The standard InChI is InChI=1S/C55H35N3O/c1-4-13-36(14-5-1)39-23-27-42(28-24-39)49-33-45(38-17-8-3-9-18-38)35-51-52(49)48-32-31-44(34-50(48)59-51)54-56-53(43-29-25-40(26-30-43)37-15-6-2-7-16-37)57-55(58-54)47-22-12-20-41-19-10-11-21-46(41)47/h1-35H. The van der Waals surface area contributed by atoms with Crippen molar-refractivity contribution in [2.75, 3.05) is 0 Å². The number of benzene rings is 9. The summed E-state index contributed by atoms with van der Waals surface area (Å²) in [7, 11) is 0. The Labute approximate surface area is 341 Å². The molecular formula is C55H35N3O. The average molecular weight is 754 g/mol. The molecule has 2 heterocycles. The Hall–Kier alpha value is -7.95. The maximum atomic E-state index is 6.80. The molecule has 0 N–H and O–H groups in total. The second kappa shape index (κ2) is 14.5. The van der Waals surface area contributed by atoms with Crippen LogP contribution in [-0.2, 0) is 0 Å². The van der Waals surface area contributed by atoms with Gasteiger partial charge in [0.25, 0.3) is 0 Å². The third kappa shape index (κ3) is 6.43. The monoisotopic (exact) mass is 753 g/mol. The fraction of sp³-hybridized carbons (Fsp3) is 0. The average Bonchev–Trinajstić information content (AvgIpc) is 3.70. The summed E-state index contributed by atoms with van der Waals surface area (Å²) in [5.41, 5.74) is 13.4. The molecule has 0 aliphatic heterocycles. The fourth-order valence-electron chi connectivity index (χ4n) is 8.16. The van der Waals surface area contributed by atoms with Crippen LogP contribution in [0.3, 0.4) is 0 Å². The summed E-state index contributed by atoms with van der Waals surface area (Å²) in [4.78, 5) is 15.4. The highest BCUT2D eigenvalue weighted by molar-refractivity contribution is 6.14. The molecule has 0 fully saturated rings. The van der Waals surface area contributed by atoms with Gasteiger partial charge in [-0.1, -0.05) is 188 Å². The largest absolute Gasteiger partial charge is 0.456 e. The maximum absolute atomic E-state index is 6.80. The zero-order valence-electron chi connectivity index (χ0n) is 32.0. The molecule has 2 aromatic heterocycles. The van der Waals surface area contributed by atoms with Gasteiger partial charge in [0.15, 0.2) is 17.5 Å². The van der Waals surface area contributed by atoms with Crippen LogP contribution in [-0.4, -0.2) is 15.0 Å². The van der Waals surface area contributed by atoms with Crippen LogP contribution >= 0.6 is 0 Å². The summed E-state index contributed by atoms with van der Waals surface area (Å²) in [5.74, 6) is 1.80. The van der Waals surface area contributed by atoms with Crippen molar-refractivity contribution in [3.05, 3.63) is 212 Å². The van der Waals surface area contributed by atoms with Crippen LogP contribution in [0.25, 0.3) is 111 Å². The van der Waals surface area contributed by atoms with E-state index in [9.17, 15) is 0 Å². The number of nitrogens with zero attached hydrogens (tertiary/aromatic N) is 3. The van der Waals surface area contributed by atoms with Crippen LogP contribution < -0.4 is 0 Å². The number of rotatable bonds is 7. The molecule has 276 valence electrons. The van der Waals surface area contributed by atoms with Crippen molar-refractivity contribution in [3.8, 4) is 78.7 Å². The minimum absolute atomic E-state index is 0.578. The van der Waals surface area contributed by atoms with Gasteiger partial charge in [-0.2, -0.15) is 0 Å². The highest BCUT2D eigenvalue weighted by Crippen LogP contribution is 2.42. The first-order valence-corrected chi connectivity index (χ1v) is 19.8. The van der Waals surface area contributed by atoms with E-state index in [2.05, 4.69) is 194 Å². The van der Waals surface area contributed by atoms with E-state index in [0.717, 1.165) is 82.8 Å². The Bertz CT molecular complexity index is 3280. The number of hydrogen-bond acceptors (Lipinski definition) is 4. The Kier molecular flexibility index (Phi) is 8.45. The summed E-state index contributed by atoms with van der Waals surface area (Å²) < 4.78 is 6.80. The summed E-state index contributed by atoms with van der Waals surface area (Å²) in [5, 5.41) is 4.32. The lowest BCUT2D eigenvalue weighted by Gasteiger charge is -2.11. The predicted octanol–water partition coefficient (Wildman–Crippen LogP) is 14.6. The van der Waals surface area contributed by atoms with E-state index in [1.165, 1.54) is 11.1 Å². The summed E-state index contributed by atoms with van der Waals surface area (Å²) >= 11 is 0. The molecule has 0 aliphatic rings. The quantitative estimate of drug-likeness (QED) is 0.163. The molecule has 0 amide bonds. The van der Waals surface area contributed by atoms with Crippen molar-refractivity contribution >= 4 is 32.7 Å². The number of furan rings is 1. The van der Waals surface area contributed by atoms with Crippen LogP contribution in [0.4, 0.5) is 0 Å². The van der Waals surface area contributed by atoms with Gasteiger partial charge in [0, 0.05) is 27.5 Å². The van der Waals surface area contributed by atoms with Gasteiger partial charge >= 0.3 is 0 Å². The van der Waals surface area contributed by atoms with Gasteiger partial charge in [-0.25, -0.2) is 15.0 Å². The van der Waals surface area contributed by atoms with E-state index >= 15 is 0 Å². The van der Waals surface area contributed by atoms with Crippen LogP contribution in [0.1, 0.15) is 0 Å². The Balaban J connectivity index is 1.07. The molecular weight excluding hydrogens is 719 g/mol. The summed E-state index contributed by atoms with van der Waals surface area (Å²) in [6.07, 6.45) is 0. The molecule has 0 saturated carbocycles. The van der Waals surface area contributed by atoms with Gasteiger partial charge in [0.2, 0.25) is 0 Å². The van der Waals surface area contributed by atoms with Crippen LogP contribution in [0.15, 0.2) is 217 Å². The molecule has 11 aromatic rings. The fourth-order valence-corrected chi connectivity index (χ4v) is 8.16. The second-order valence-electron chi connectivity index (χ2n) is 14.8. The van der Waals surface area contributed by atoms with Crippen molar-refractivity contribution in [1.29, 1.82) is 0 Å². The second-order valence-corrected chi connectivity index (χ2v) is 14.8. The normalized spacial score (nSPS) is 11.4. The third-order valence-corrected chi connectivity index (χ3v) is 11.2. The van der Waals surface area contributed by atoms with Gasteiger partial charge in [-0.15, -0.1) is 0 Å². The van der Waals surface area contributed by atoms with Crippen molar-refractivity contribution < 1.29 is 4.42 Å². The molecule has 9 aromatic carbocycles. The Morgan fingerprint density at radius 1 is 0.271 bits per heavy atom. The zero-order valence-corrected chi connectivity index (χ0v) is 32.0. The lowest BCUT2D eigenvalue weighted by molar-refractivity contribution is 0.669. The SMILES string of the molecule is c1ccc(-c2ccc(-c3nc(-c4ccc5c(c4)oc4cc(-c6ccccc6)cc(-c6ccc(-c7ccccc7)cc6)c45)nc(-c4cccc5ccccc45)n3)cc2)cc1. The zero-order chi connectivity index (χ0) is 39.1. The summed E-state index contributed by atoms with van der Waals surface area (Å²) in [6, 6.07) is 74.0. The van der Waals surface area contributed by atoms with E-state index in [0.29, 0.717) is 17.5 Å². The van der Waals surface area contributed by atoms with Crippen LogP contribution in [0, 0.1) is 0 Å². The van der Waals surface area contributed by atoms with Gasteiger partial charge in [0.1, 0.15) is 11.2 Å². The lowest BCUT2D eigenvalue weighted by atomic mass is 9.93. The molecule has 59 heavy (non-hydrogen) atoms.